The third-order valence-corrected chi connectivity index (χ3v) is 5.01. The molecule has 0 spiro atoms. The molecular formula is C18H27ClN2O3S. The number of carbonyl (C=O) groups is 1. The van der Waals surface area contributed by atoms with Crippen LogP contribution in [0.25, 0.3) is 5.57 Å². The molecule has 0 aromatic heterocycles. The minimum atomic E-state index is -3.86. The summed E-state index contributed by atoms with van der Waals surface area (Å²) in [4.78, 5) is 11.8. The van der Waals surface area contributed by atoms with E-state index in [1.807, 2.05) is 11.6 Å². The zero-order chi connectivity index (χ0) is 18.7. The molecule has 2 N–H and O–H groups in total. The number of amides is 2. The van der Waals surface area contributed by atoms with Crippen LogP contribution in [0.4, 0.5) is 4.79 Å². The number of halogens is 1. The summed E-state index contributed by atoms with van der Waals surface area (Å²) in [6, 6.07) is 6.21. The van der Waals surface area contributed by atoms with Gasteiger partial charge in [0.25, 0.3) is 10.0 Å². The van der Waals surface area contributed by atoms with E-state index in [-0.39, 0.29) is 0 Å². The van der Waals surface area contributed by atoms with Gasteiger partial charge in [-0.15, -0.1) is 0 Å². The highest BCUT2D eigenvalue weighted by Gasteiger charge is 2.13. The van der Waals surface area contributed by atoms with Gasteiger partial charge in [0.1, 0.15) is 0 Å². The van der Waals surface area contributed by atoms with Crippen LogP contribution in [-0.2, 0) is 10.0 Å². The van der Waals surface area contributed by atoms with E-state index in [1.54, 1.807) is 24.3 Å². The van der Waals surface area contributed by atoms with E-state index in [1.165, 1.54) is 6.42 Å². The number of carbonyl (C=O) groups excluding carboxylic acids is 1. The summed E-state index contributed by atoms with van der Waals surface area (Å²) < 4.78 is 26.3. The summed E-state index contributed by atoms with van der Waals surface area (Å²) in [5.41, 5.74) is 1.37. The molecule has 140 valence electrons. The molecule has 1 aromatic rings. The lowest BCUT2D eigenvalue weighted by Gasteiger charge is -2.09. The Morgan fingerprint density at radius 1 is 1.08 bits per heavy atom. The number of rotatable bonds is 10. The van der Waals surface area contributed by atoms with Crippen LogP contribution in [0.5, 0.6) is 0 Å². The molecule has 0 radical (unpaired) electrons. The first-order chi connectivity index (χ1) is 11.9. The highest BCUT2D eigenvalue weighted by molar-refractivity contribution is 7.93. The van der Waals surface area contributed by atoms with Crippen molar-refractivity contribution in [2.45, 2.75) is 52.4 Å². The molecule has 0 atom stereocenters. The van der Waals surface area contributed by atoms with Gasteiger partial charge in [0.15, 0.2) is 0 Å². The summed E-state index contributed by atoms with van der Waals surface area (Å²) in [5.74, 6) is 0. The standard InChI is InChI=1S/C18H27ClN2O3S/c1-3-5-6-7-8-13-20-18(22)21-25(23,24)14-15(4-2)16-9-11-17(19)12-10-16/h9-12,14H,3-8,13H2,1-2H3,(H2,20,21,22)/b15-14+. The number of hydrogen-bond donors (Lipinski definition) is 2. The fourth-order valence-corrected chi connectivity index (χ4v) is 3.52. The molecule has 25 heavy (non-hydrogen) atoms. The highest BCUT2D eigenvalue weighted by atomic mass is 35.5. The van der Waals surface area contributed by atoms with Crippen LogP contribution in [0, 0.1) is 0 Å². The molecule has 0 unspecified atom stereocenters. The van der Waals surface area contributed by atoms with Crippen LogP contribution in [0.3, 0.4) is 0 Å². The van der Waals surface area contributed by atoms with Crippen LogP contribution in [0.15, 0.2) is 29.7 Å². The Kier molecular flexibility index (Phi) is 9.60. The van der Waals surface area contributed by atoms with Crippen LogP contribution < -0.4 is 10.0 Å². The summed E-state index contributed by atoms with van der Waals surface area (Å²) in [5, 5.41) is 4.25. The Labute approximate surface area is 155 Å². The van der Waals surface area contributed by atoms with Crippen LogP contribution >= 0.6 is 11.6 Å². The number of urea groups is 1. The molecule has 0 heterocycles. The molecule has 1 aromatic carbocycles. The van der Waals surface area contributed by atoms with Crippen molar-refractivity contribution < 1.29 is 13.2 Å². The first-order valence-corrected chi connectivity index (χ1v) is 10.6. The number of unbranched alkanes of at least 4 members (excludes halogenated alkanes) is 4. The maximum absolute atomic E-state index is 12.2. The largest absolute Gasteiger partial charge is 0.337 e. The molecule has 0 aliphatic carbocycles. The normalized spacial score (nSPS) is 12.0. The zero-order valence-corrected chi connectivity index (χ0v) is 16.4. The molecule has 0 aliphatic rings. The lowest BCUT2D eigenvalue weighted by molar-refractivity contribution is 0.245. The molecule has 0 bridgehead atoms. The average molecular weight is 387 g/mol. The molecule has 0 saturated carbocycles. The van der Waals surface area contributed by atoms with Gasteiger partial charge in [0.2, 0.25) is 0 Å². The summed E-state index contributed by atoms with van der Waals surface area (Å²) >= 11 is 5.85. The van der Waals surface area contributed by atoms with Gasteiger partial charge in [0.05, 0.1) is 5.41 Å². The summed E-state index contributed by atoms with van der Waals surface area (Å²) in [6.45, 7) is 4.46. The second-order valence-corrected chi connectivity index (χ2v) is 7.79. The first kappa shape index (κ1) is 21.5. The Morgan fingerprint density at radius 2 is 1.72 bits per heavy atom. The van der Waals surface area contributed by atoms with Gasteiger partial charge in [-0.25, -0.2) is 17.9 Å². The van der Waals surface area contributed by atoms with Gasteiger partial charge in [-0.2, -0.15) is 0 Å². The molecule has 2 amide bonds. The lowest BCUT2D eigenvalue weighted by atomic mass is 10.1. The summed E-state index contributed by atoms with van der Waals surface area (Å²) in [7, 11) is -3.86. The fraction of sp³-hybridized carbons (Fsp3) is 0.500. The Balaban J connectivity index is 2.57. The van der Waals surface area contributed by atoms with Gasteiger partial charge in [-0.1, -0.05) is 63.3 Å². The van der Waals surface area contributed by atoms with E-state index in [9.17, 15) is 13.2 Å². The third kappa shape index (κ3) is 8.93. The van der Waals surface area contributed by atoms with Crippen molar-refractivity contribution >= 4 is 33.2 Å². The second-order valence-electron chi connectivity index (χ2n) is 5.82. The van der Waals surface area contributed by atoms with E-state index in [0.29, 0.717) is 23.6 Å². The van der Waals surface area contributed by atoms with Gasteiger partial charge in [-0.3, -0.25) is 0 Å². The van der Waals surface area contributed by atoms with E-state index < -0.39 is 16.1 Å². The highest BCUT2D eigenvalue weighted by Crippen LogP contribution is 2.21. The molecule has 0 aliphatic heterocycles. The molecule has 1 rings (SSSR count). The average Bonchev–Trinajstić information content (AvgIpc) is 2.56. The topological polar surface area (TPSA) is 75.3 Å². The summed E-state index contributed by atoms with van der Waals surface area (Å²) in [6.07, 6.45) is 5.84. The van der Waals surface area contributed by atoms with Crippen LogP contribution in [0.1, 0.15) is 57.9 Å². The number of allylic oxidation sites excluding steroid dienone is 1. The van der Waals surface area contributed by atoms with Crippen molar-refractivity contribution in [2.75, 3.05) is 6.54 Å². The van der Waals surface area contributed by atoms with Crippen molar-refractivity contribution in [3.8, 4) is 0 Å². The van der Waals surface area contributed by atoms with Crippen molar-refractivity contribution in [1.82, 2.24) is 10.0 Å². The monoisotopic (exact) mass is 386 g/mol. The minimum absolute atomic E-state index is 0.465. The number of benzene rings is 1. The van der Waals surface area contributed by atoms with E-state index in [0.717, 1.165) is 36.7 Å². The van der Waals surface area contributed by atoms with Gasteiger partial charge in [-0.05, 0) is 36.1 Å². The number of nitrogens with one attached hydrogen (secondary N) is 2. The third-order valence-electron chi connectivity index (χ3n) is 3.69. The van der Waals surface area contributed by atoms with Gasteiger partial charge in [0, 0.05) is 11.6 Å². The van der Waals surface area contributed by atoms with Crippen molar-refractivity contribution in [1.29, 1.82) is 0 Å². The maximum atomic E-state index is 12.2. The molecule has 5 nitrogen and oxygen atoms in total. The van der Waals surface area contributed by atoms with Gasteiger partial charge < -0.3 is 5.32 Å². The van der Waals surface area contributed by atoms with Crippen molar-refractivity contribution in [2.24, 2.45) is 0 Å². The number of sulfonamides is 1. The number of hydrogen-bond acceptors (Lipinski definition) is 3. The second kappa shape index (κ2) is 11.2. The molecule has 0 saturated heterocycles. The van der Waals surface area contributed by atoms with E-state index in [4.69, 9.17) is 11.6 Å². The molecule has 7 heteroatoms. The SMILES string of the molecule is CCCCCCCNC(=O)NS(=O)(=O)/C=C(\CC)c1ccc(Cl)cc1. The van der Waals surface area contributed by atoms with Crippen molar-refractivity contribution in [3.63, 3.8) is 0 Å². The molecule has 0 fully saturated rings. The predicted octanol–water partition coefficient (Wildman–Crippen LogP) is 4.69. The van der Waals surface area contributed by atoms with E-state index >= 15 is 0 Å². The fourth-order valence-electron chi connectivity index (χ4n) is 2.33. The Bertz CT molecular complexity index is 670. The quantitative estimate of drug-likeness (QED) is 0.572. The Hall–Kier alpha value is -1.53. The van der Waals surface area contributed by atoms with Crippen LogP contribution in [0.2, 0.25) is 5.02 Å². The van der Waals surface area contributed by atoms with Crippen LogP contribution in [-0.4, -0.2) is 21.0 Å². The first-order valence-electron chi connectivity index (χ1n) is 8.65. The minimum Gasteiger partial charge on any atom is -0.337 e. The predicted molar refractivity (Wildman–Crippen MR) is 104 cm³/mol. The van der Waals surface area contributed by atoms with Gasteiger partial charge >= 0.3 is 6.03 Å². The zero-order valence-electron chi connectivity index (χ0n) is 14.8. The van der Waals surface area contributed by atoms with E-state index in [2.05, 4.69) is 12.2 Å². The smallest absolute Gasteiger partial charge is 0.328 e. The lowest BCUT2D eigenvalue weighted by Crippen LogP contribution is -2.39. The molecular weight excluding hydrogens is 360 g/mol. The Morgan fingerprint density at radius 3 is 2.32 bits per heavy atom. The maximum Gasteiger partial charge on any atom is 0.328 e. The van der Waals surface area contributed by atoms with Crippen molar-refractivity contribution in [3.05, 3.63) is 40.3 Å².